The molecule has 1 aromatic heterocycles. The molecule has 0 saturated heterocycles. The Bertz CT molecular complexity index is 204. The van der Waals surface area contributed by atoms with Crippen molar-refractivity contribution in [2.24, 2.45) is 0 Å². The van der Waals surface area contributed by atoms with Crippen LogP contribution in [0.3, 0.4) is 0 Å². The van der Waals surface area contributed by atoms with Crippen molar-refractivity contribution in [3.05, 3.63) is 17.5 Å². The van der Waals surface area contributed by atoms with Crippen molar-refractivity contribution in [3.8, 4) is 0 Å². The van der Waals surface area contributed by atoms with Crippen molar-refractivity contribution in [2.45, 2.75) is 40.2 Å². The fraction of sp³-hybridized carbons (Fsp3) is 0.667. The Morgan fingerprint density at radius 3 is 2.45 bits per heavy atom. The van der Waals surface area contributed by atoms with Crippen LogP contribution in [0.15, 0.2) is 6.20 Å². The number of hydrogen-bond acceptors (Lipinski definition) is 1. The van der Waals surface area contributed by atoms with Crippen LogP contribution in [0.2, 0.25) is 0 Å². The minimum Gasteiger partial charge on any atom is -0.270 e. The van der Waals surface area contributed by atoms with E-state index >= 15 is 0 Å². The summed E-state index contributed by atoms with van der Waals surface area (Å²) in [5.74, 6) is 0. The molecule has 0 aliphatic rings. The lowest BCUT2D eigenvalue weighted by molar-refractivity contribution is 0.624. The molecule has 0 spiro atoms. The van der Waals surface area contributed by atoms with E-state index in [0.29, 0.717) is 0 Å². The van der Waals surface area contributed by atoms with Gasteiger partial charge in [-0.2, -0.15) is 5.10 Å². The topological polar surface area (TPSA) is 17.8 Å². The minimum absolute atomic E-state index is 0.989. The summed E-state index contributed by atoms with van der Waals surface area (Å²) < 4.78 is 2.08. The van der Waals surface area contributed by atoms with E-state index in [1.165, 1.54) is 11.3 Å². The smallest absolute Gasteiger partial charge is 0.0524 e. The van der Waals surface area contributed by atoms with Gasteiger partial charge < -0.3 is 0 Å². The van der Waals surface area contributed by atoms with Crippen LogP contribution in [0.25, 0.3) is 0 Å². The van der Waals surface area contributed by atoms with Crippen LogP contribution in [0, 0.1) is 0 Å². The molecule has 0 bridgehead atoms. The van der Waals surface area contributed by atoms with Crippen LogP contribution < -0.4 is 0 Å². The quantitative estimate of drug-likeness (QED) is 0.648. The van der Waals surface area contributed by atoms with Crippen LogP contribution >= 0.6 is 0 Å². The minimum atomic E-state index is 0.989. The van der Waals surface area contributed by atoms with Crippen LogP contribution in [-0.2, 0) is 19.4 Å². The van der Waals surface area contributed by atoms with Gasteiger partial charge in [-0.15, -0.1) is 0 Å². The van der Waals surface area contributed by atoms with Crippen molar-refractivity contribution in [1.29, 1.82) is 0 Å². The summed E-state index contributed by atoms with van der Waals surface area (Å²) in [5, 5.41) is 4.29. The van der Waals surface area contributed by atoms with Crippen molar-refractivity contribution in [3.63, 3.8) is 0 Å². The first-order valence-electron chi connectivity index (χ1n) is 4.37. The Labute approximate surface area is 68.2 Å². The van der Waals surface area contributed by atoms with E-state index in [2.05, 4.69) is 30.6 Å². The third-order valence-corrected chi connectivity index (χ3v) is 2.05. The molecule has 1 heterocycles. The molecule has 0 saturated carbocycles. The van der Waals surface area contributed by atoms with Crippen molar-refractivity contribution in [2.75, 3.05) is 0 Å². The Morgan fingerprint density at radius 2 is 2.00 bits per heavy atom. The van der Waals surface area contributed by atoms with Gasteiger partial charge in [0.1, 0.15) is 0 Å². The summed E-state index contributed by atoms with van der Waals surface area (Å²) in [4.78, 5) is 0. The first kappa shape index (κ1) is 8.31. The molecule has 1 aromatic rings. The second kappa shape index (κ2) is 3.56. The lowest BCUT2D eigenvalue weighted by Gasteiger charge is -2.02. The molecule has 0 radical (unpaired) electrons. The molecule has 0 aliphatic heterocycles. The highest BCUT2D eigenvalue weighted by Gasteiger charge is 2.04. The normalized spacial score (nSPS) is 10.5. The molecule has 0 N–H and O–H groups in total. The van der Waals surface area contributed by atoms with Gasteiger partial charge in [-0.1, -0.05) is 13.8 Å². The number of aryl methyl sites for hydroxylation is 2. The molecule has 1 rings (SSSR count). The molecule has 0 fully saturated rings. The van der Waals surface area contributed by atoms with E-state index in [4.69, 9.17) is 0 Å². The summed E-state index contributed by atoms with van der Waals surface area (Å²) in [6, 6.07) is 0. The van der Waals surface area contributed by atoms with Gasteiger partial charge in [0.25, 0.3) is 0 Å². The Balaban J connectivity index is 2.99. The Hall–Kier alpha value is -0.790. The predicted molar refractivity (Wildman–Crippen MR) is 46.7 cm³/mol. The first-order valence-corrected chi connectivity index (χ1v) is 4.37. The highest BCUT2D eigenvalue weighted by atomic mass is 15.3. The van der Waals surface area contributed by atoms with Gasteiger partial charge in [-0.05, 0) is 25.3 Å². The average Bonchev–Trinajstić information content (AvgIpc) is 2.45. The molecule has 11 heavy (non-hydrogen) atoms. The van der Waals surface area contributed by atoms with E-state index in [-0.39, 0.29) is 0 Å². The van der Waals surface area contributed by atoms with Gasteiger partial charge in [0, 0.05) is 12.2 Å². The summed E-state index contributed by atoms with van der Waals surface area (Å²) in [7, 11) is 0. The fourth-order valence-electron chi connectivity index (χ4n) is 1.43. The Morgan fingerprint density at radius 1 is 1.27 bits per heavy atom. The number of aromatic nitrogens is 2. The monoisotopic (exact) mass is 152 g/mol. The van der Waals surface area contributed by atoms with E-state index in [1.807, 2.05) is 6.20 Å². The van der Waals surface area contributed by atoms with E-state index < -0.39 is 0 Å². The first-order chi connectivity index (χ1) is 5.33. The van der Waals surface area contributed by atoms with E-state index in [0.717, 1.165) is 19.4 Å². The predicted octanol–water partition coefficient (Wildman–Crippen LogP) is 2.03. The van der Waals surface area contributed by atoms with Gasteiger partial charge in [0.15, 0.2) is 0 Å². The van der Waals surface area contributed by atoms with Gasteiger partial charge in [0.2, 0.25) is 0 Å². The molecule has 0 aromatic carbocycles. The maximum Gasteiger partial charge on any atom is 0.0524 e. The number of hydrogen-bond donors (Lipinski definition) is 0. The molecule has 0 amide bonds. The van der Waals surface area contributed by atoms with Crippen molar-refractivity contribution < 1.29 is 0 Å². The molecule has 0 unspecified atom stereocenters. The van der Waals surface area contributed by atoms with Gasteiger partial charge >= 0.3 is 0 Å². The zero-order valence-electron chi connectivity index (χ0n) is 7.59. The van der Waals surface area contributed by atoms with Gasteiger partial charge in [-0.3, -0.25) is 4.68 Å². The van der Waals surface area contributed by atoms with Crippen molar-refractivity contribution >= 4 is 0 Å². The standard InChI is InChI=1S/C9H16N2/c1-4-8-7-10-11(6-3)9(8)5-2/h7H,4-6H2,1-3H3. The van der Waals surface area contributed by atoms with Crippen LogP contribution in [0.1, 0.15) is 32.0 Å². The maximum atomic E-state index is 4.29. The second-order valence-corrected chi connectivity index (χ2v) is 2.64. The highest BCUT2D eigenvalue weighted by molar-refractivity contribution is 5.17. The third kappa shape index (κ3) is 1.44. The molecule has 0 aliphatic carbocycles. The van der Waals surface area contributed by atoms with Crippen LogP contribution in [0.5, 0.6) is 0 Å². The SMILES string of the molecule is CCc1cnn(CC)c1CC. The van der Waals surface area contributed by atoms with E-state index in [1.54, 1.807) is 0 Å². The summed E-state index contributed by atoms with van der Waals surface area (Å²) >= 11 is 0. The maximum absolute atomic E-state index is 4.29. The molecule has 2 nitrogen and oxygen atoms in total. The lowest BCUT2D eigenvalue weighted by Crippen LogP contribution is -2.02. The molecule has 62 valence electrons. The molecular weight excluding hydrogens is 136 g/mol. The zero-order chi connectivity index (χ0) is 8.27. The molecular formula is C9H16N2. The van der Waals surface area contributed by atoms with E-state index in [9.17, 15) is 0 Å². The molecule has 0 atom stereocenters. The fourth-order valence-corrected chi connectivity index (χ4v) is 1.43. The molecule has 2 heteroatoms. The number of rotatable bonds is 3. The zero-order valence-corrected chi connectivity index (χ0v) is 7.59. The van der Waals surface area contributed by atoms with Crippen molar-refractivity contribution in [1.82, 2.24) is 9.78 Å². The van der Waals surface area contributed by atoms with Crippen LogP contribution in [-0.4, -0.2) is 9.78 Å². The van der Waals surface area contributed by atoms with Gasteiger partial charge in [0.05, 0.1) is 6.20 Å². The highest BCUT2D eigenvalue weighted by Crippen LogP contribution is 2.09. The van der Waals surface area contributed by atoms with Crippen LogP contribution in [0.4, 0.5) is 0 Å². The largest absolute Gasteiger partial charge is 0.270 e. The summed E-state index contributed by atoms with van der Waals surface area (Å²) in [6.45, 7) is 7.48. The lowest BCUT2D eigenvalue weighted by atomic mass is 10.1. The Kier molecular flexibility index (Phi) is 2.69. The summed E-state index contributed by atoms with van der Waals surface area (Å²) in [5.41, 5.74) is 2.80. The summed E-state index contributed by atoms with van der Waals surface area (Å²) in [6.07, 6.45) is 4.18. The second-order valence-electron chi connectivity index (χ2n) is 2.64. The number of nitrogens with zero attached hydrogens (tertiary/aromatic N) is 2. The third-order valence-electron chi connectivity index (χ3n) is 2.05. The average molecular weight is 152 g/mol. The van der Waals surface area contributed by atoms with Gasteiger partial charge in [-0.25, -0.2) is 0 Å².